The highest BCUT2D eigenvalue weighted by Gasteiger charge is 2.26. The van der Waals surface area contributed by atoms with Gasteiger partial charge in [0.1, 0.15) is 5.75 Å². The molecule has 1 aliphatic rings. The predicted octanol–water partition coefficient (Wildman–Crippen LogP) is 6.63. The topological polar surface area (TPSA) is 82.3 Å². The van der Waals surface area contributed by atoms with Crippen molar-refractivity contribution in [2.24, 2.45) is 5.73 Å². The molecule has 222 valence electrons. The van der Waals surface area contributed by atoms with Crippen LogP contribution in [0.25, 0.3) is 0 Å². The molecule has 0 aromatic heterocycles. The average Bonchev–Trinajstić information content (AvgIpc) is 2.98. The van der Waals surface area contributed by atoms with Crippen molar-refractivity contribution in [3.05, 3.63) is 101 Å². The van der Waals surface area contributed by atoms with Crippen molar-refractivity contribution >= 4 is 17.6 Å². The fraction of sp³-hybridized carbons (Fsp3) is 0.424. The number of urea groups is 1. The highest BCUT2D eigenvalue weighted by atomic mass is 35.5. The quantitative estimate of drug-likeness (QED) is 0.127. The molecule has 3 aromatic rings. The Morgan fingerprint density at radius 3 is 2.20 bits per heavy atom. The molecule has 0 aliphatic carbocycles. The van der Waals surface area contributed by atoms with E-state index in [9.17, 15) is 10.0 Å². The third-order valence-corrected chi connectivity index (χ3v) is 7.73. The molecule has 0 spiro atoms. The maximum atomic E-state index is 10.8. The van der Waals surface area contributed by atoms with Crippen LogP contribution < -0.4 is 10.5 Å². The van der Waals surface area contributed by atoms with Gasteiger partial charge in [-0.25, -0.2) is 9.86 Å². The van der Waals surface area contributed by atoms with Gasteiger partial charge in [-0.2, -0.15) is 0 Å². The second kappa shape index (κ2) is 17.0. The van der Waals surface area contributed by atoms with Gasteiger partial charge in [0.15, 0.2) is 0 Å². The van der Waals surface area contributed by atoms with Crippen molar-refractivity contribution in [3.8, 4) is 5.75 Å². The van der Waals surface area contributed by atoms with E-state index < -0.39 is 6.03 Å². The highest BCUT2D eigenvalue weighted by Crippen LogP contribution is 2.30. The summed E-state index contributed by atoms with van der Waals surface area (Å²) in [6.45, 7) is 6.27. The maximum Gasteiger partial charge on any atom is 0.338 e. The first kappa shape index (κ1) is 32.4. The highest BCUT2D eigenvalue weighted by molar-refractivity contribution is 6.30. The second-order valence-corrected chi connectivity index (χ2v) is 10.8. The monoisotopic (exact) mass is 580 g/mol. The third kappa shape index (κ3) is 10.3. The minimum Gasteiger partial charge on any atom is -0.494 e. The Bertz CT molecular complexity index is 1150. The molecule has 0 radical (unpaired) electrons. The van der Waals surface area contributed by atoms with Crippen LogP contribution in [0, 0.1) is 0 Å². The van der Waals surface area contributed by atoms with Crippen LogP contribution in [0.4, 0.5) is 4.79 Å². The van der Waals surface area contributed by atoms with Gasteiger partial charge in [0.05, 0.1) is 19.2 Å². The first-order chi connectivity index (χ1) is 19.5. The van der Waals surface area contributed by atoms with Crippen LogP contribution in [0.5, 0.6) is 5.75 Å². The van der Waals surface area contributed by atoms with Crippen LogP contribution >= 0.6 is 11.6 Å². The average molecular weight is 581 g/mol. The number of hydroxylamine groups is 2. The Morgan fingerprint density at radius 1 is 0.878 bits per heavy atom. The number of ether oxygens (including phenoxy) is 1. The number of unbranched alkanes of at least 4 members (excludes halogenated alkanes) is 2. The van der Waals surface area contributed by atoms with Crippen LogP contribution in [0.15, 0.2) is 78.9 Å². The van der Waals surface area contributed by atoms with Crippen LogP contribution in [0.1, 0.15) is 55.8 Å². The van der Waals surface area contributed by atoms with Crippen molar-refractivity contribution in [2.75, 3.05) is 45.9 Å². The first-order valence-electron chi connectivity index (χ1n) is 14.2. The summed E-state index contributed by atoms with van der Waals surface area (Å²) >= 11 is 6.17. The van der Waals surface area contributed by atoms with E-state index in [1.807, 2.05) is 24.3 Å². The number of amides is 2. The molecule has 0 unspecified atom stereocenters. The van der Waals surface area contributed by atoms with Crippen molar-refractivity contribution in [1.82, 2.24) is 14.9 Å². The van der Waals surface area contributed by atoms with E-state index in [1.165, 1.54) is 16.7 Å². The second-order valence-electron chi connectivity index (χ2n) is 10.4. The van der Waals surface area contributed by atoms with E-state index in [0.29, 0.717) is 18.1 Å². The maximum absolute atomic E-state index is 10.8. The minimum atomic E-state index is -0.814. The number of rotatable bonds is 14. The summed E-state index contributed by atoms with van der Waals surface area (Å²) in [5, 5.41) is 10.6. The van der Waals surface area contributed by atoms with Crippen LogP contribution in [0.2, 0.25) is 5.02 Å². The largest absolute Gasteiger partial charge is 0.494 e. The minimum absolute atomic E-state index is 0. The molecule has 8 heteroatoms. The molecule has 0 bridgehead atoms. The zero-order valence-electron chi connectivity index (χ0n) is 23.1. The summed E-state index contributed by atoms with van der Waals surface area (Å²) in [6, 6.07) is 26.6. The van der Waals surface area contributed by atoms with Crippen molar-refractivity contribution in [1.29, 1.82) is 0 Å². The van der Waals surface area contributed by atoms with Gasteiger partial charge in [-0.3, -0.25) is 10.1 Å². The fourth-order valence-electron chi connectivity index (χ4n) is 5.22. The number of hydrogen-bond donors (Lipinski definition) is 2. The van der Waals surface area contributed by atoms with Crippen LogP contribution in [-0.4, -0.2) is 72.0 Å². The van der Waals surface area contributed by atoms with Gasteiger partial charge in [-0.05, 0) is 79.6 Å². The number of benzene rings is 3. The summed E-state index contributed by atoms with van der Waals surface area (Å²) in [5.74, 6) is 0.891. The molecular weight excluding hydrogens is 536 g/mol. The van der Waals surface area contributed by atoms with E-state index in [2.05, 4.69) is 64.4 Å². The summed E-state index contributed by atoms with van der Waals surface area (Å²) in [6.07, 6.45) is 4.59. The standard InChI is InChI=1S/C32H41ClN4O3.CH4/c33-29-15-13-28(14-16-29)31(27-9-2-1-3-10-27)36-23-21-35(22-24-36)19-6-7-25-40-30-17-11-26(12-18-30)8-4-5-20-37(39)32(34)38;/h1-3,9-18,31,39H,4-8,19-25H2,(H2,34,38);1H4/t31-;/m1./s1. The van der Waals surface area contributed by atoms with Crippen LogP contribution in [-0.2, 0) is 6.42 Å². The van der Waals surface area contributed by atoms with Crippen molar-refractivity contribution < 1.29 is 14.7 Å². The SMILES string of the molecule is C.NC(=O)N(O)CCCCc1ccc(OCCCCN2CCN([C@H](c3ccccc3)c3ccc(Cl)cc3)CC2)cc1. The van der Waals surface area contributed by atoms with E-state index >= 15 is 0 Å². The number of carbonyl (C=O) groups is 1. The van der Waals surface area contributed by atoms with E-state index in [-0.39, 0.29) is 20.0 Å². The molecule has 2 amide bonds. The Morgan fingerprint density at radius 2 is 1.54 bits per heavy atom. The molecule has 1 saturated heterocycles. The van der Waals surface area contributed by atoms with E-state index in [0.717, 1.165) is 69.2 Å². The van der Waals surface area contributed by atoms with Gasteiger partial charge in [0, 0.05) is 31.2 Å². The lowest BCUT2D eigenvalue weighted by molar-refractivity contribution is -0.0402. The third-order valence-electron chi connectivity index (χ3n) is 7.47. The lowest BCUT2D eigenvalue weighted by atomic mass is 9.96. The first-order valence-corrected chi connectivity index (χ1v) is 14.6. The Kier molecular flexibility index (Phi) is 13.4. The number of halogens is 1. The zero-order chi connectivity index (χ0) is 28.2. The molecule has 41 heavy (non-hydrogen) atoms. The molecule has 3 aromatic carbocycles. The Labute approximate surface area is 250 Å². The molecule has 0 saturated carbocycles. The van der Waals surface area contributed by atoms with Gasteiger partial charge in [-0.15, -0.1) is 0 Å². The smallest absolute Gasteiger partial charge is 0.338 e. The van der Waals surface area contributed by atoms with Crippen LogP contribution in [0.3, 0.4) is 0 Å². The number of nitrogens with zero attached hydrogens (tertiary/aromatic N) is 3. The molecule has 7 nitrogen and oxygen atoms in total. The van der Waals surface area contributed by atoms with Gasteiger partial charge >= 0.3 is 6.03 Å². The Hall–Kier alpha value is -3.10. The summed E-state index contributed by atoms with van der Waals surface area (Å²) < 4.78 is 5.96. The summed E-state index contributed by atoms with van der Waals surface area (Å²) in [7, 11) is 0. The fourth-order valence-corrected chi connectivity index (χ4v) is 5.35. The molecule has 1 heterocycles. The van der Waals surface area contributed by atoms with E-state index in [1.54, 1.807) is 0 Å². The predicted molar refractivity (Wildman–Crippen MR) is 167 cm³/mol. The molecule has 3 N–H and O–H groups in total. The van der Waals surface area contributed by atoms with Gasteiger partial charge in [0.2, 0.25) is 0 Å². The van der Waals surface area contributed by atoms with Gasteiger partial charge in [0.25, 0.3) is 0 Å². The number of nitrogens with two attached hydrogens (primary N) is 1. The van der Waals surface area contributed by atoms with E-state index in [4.69, 9.17) is 22.1 Å². The number of hydrogen-bond acceptors (Lipinski definition) is 5. The summed E-state index contributed by atoms with van der Waals surface area (Å²) in [5.41, 5.74) is 8.83. The van der Waals surface area contributed by atoms with Gasteiger partial charge < -0.3 is 15.4 Å². The number of piperazine rings is 1. The van der Waals surface area contributed by atoms with Crippen molar-refractivity contribution in [3.63, 3.8) is 0 Å². The lowest BCUT2D eigenvalue weighted by Gasteiger charge is -2.40. The molecule has 4 rings (SSSR count). The molecular formula is C33H45ClN4O3. The lowest BCUT2D eigenvalue weighted by Crippen LogP contribution is -2.48. The normalized spacial score (nSPS) is 14.7. The van der Waals surface area contributed by atoms with Gasteiger partial charge in [-0.1, -0.05) is 73.6 Å². The number of aryl methyl sites for hydroxylation is 1. The summed E-state index contributed by atoms with van der Waals surface area (Å²) in [4.78, 5) is 16.0. The molecule has 1 aliphatic heterocycles. The van der Waals surface area contributed by atoms with Crippen molar-refractivity contribution in [2.45, 2.75) is 45.6 Å². The number of primary amides is 1. The molecule has 1 atom stereocenters. The molecule has 1 fully saturated rings. The zero-order valence-corrected chi connectivity index (χ0v) is 23.9. The number of carbonyl (C=O) groups excluding carboxylic acids is 1. The Balaban J connectivity index is 0.00000462.